The monoisotopic (exact) mass is 386 g/mol. The van der Waals surface area contributed by atoms with Crippen molar-refractivity contribution in [2.24, 2.45) is 0 Å². The van der Waals surface area contributed by atoms with Crippen LogP contribution in [0.15, 0.2) is 24.3 Å². The lowest BCUT2D eigenvalue weighted by Gasteiger charge is -2.15. The summed E-state index contributed by atoms with van der Waals surface area (Å²) in [6, 6.07) is 7.12. The van der Waals surface area contributed by atoms with Crippen LogP contribution in [0.3, 0.4) is 0 Å². The molecule has 1 aliphatic carbocycles. The number of ether oxygens (including phenoxy) is 3. The van der Waals surface area contributed by atoms with Gasteiger partial charge in [-0.3, -0.25) is 4.79 Å². The van der Waals surface area contributed by atoms with Crippen molar-refractivity contribution >= 4 is 18.0 Å². The van der Waals surface area contributed by atoms with Crippen LogP contribution >= 0.6 is 0 Å². The summed E-state index contributed by atoms with van der Waals surface area (Å²) in [7, 11) is 1.49. The Morgan fingerprint density at radius 1 is 1.21 bits per heavy atom. The number of hydrogen-bond acceptors (Lipinski definition) is 6. The minimum Gasteiger partial charge on any atom is -0.493 e. The number of methoxy groups -OCH3 is 1. The van der Waals surface area contributed by atoms with Crippen molar-refractivity contribution in [2.45, 2.75) is 44.6 Å². The largest absolute Gasteiger partial charge is 0.493 e. The zero-order valence-electron chi connectivity index (χ0n) is 16.1. The van der Waals surface area contributed by atoms with Crippen molar-refractivity contribution in [3.63, 3.8) is 0 Å². The van der Waals surface area contributed by atoms with Crippen molar-refractivity contribution in [3.8, 4) is 17.6 Å². The number of carbonyl (C=O) groups excluding carboxylic acids is 2. The van der Waals surface area contributed by atoms with Gasteiger partial charge in [0, 0.05) is 12.1 Å². The van der Waals surface area contributed by atoms with Crippen LogP contribution < -0.4 is 14.8 Å². The van der Waals surface area contributed by atoms with Crippen molar-refractivity contribution < 1.29 is 23.8 Å². The molecule has 150 valence electrons. The normalized spacial score (nSPS) is 14.7. The van der Waals surface area contributed by atoms with Crippen LogP contribution in [0, 0.1) is 11.3 Å². The van der Waals surface area contributed by atoms with Gasteiger partial charge in [-0.2, -0.15) is 5.26 Å². The Bertz CT molecular complexity index is 731. The molecule has 0 saturated heterocycles. The second kappa shape index (κ2) is 11.7. The van der Waals surface area contributed by atoms with Gasteiger partial charge in [0.2, 0.25) is 0 Å². The lowest BCUT2D eigenvalue weighted by Crippen LogP contribution is -2.37. The van der Waals surface area contributed by atoms with Gasteiger partial charge in [-0.15, -0.1) is 0 Å². The first kappa shape index (κ1) is 21.3. The number of carbonyl (C=O) groups is 2. The van der Waals surface area contributed by atoms with E-state index >= 15 is 0 Å². The number of hydrogen-bond donors (Lipinski definition) is 1. The predicted molar refractivity (Wildman–Crippen MR) is 104 cm³/mol. The average Bonchev–Trinajstić information content (AvgIpc) is 2.98. The van der Waals surface area contributed by atoms with Crippen LogP contribution in [0.5, 0.6) is 11.5 Å². The SMILES string of the molecule is COc1cc(/C=C/C(=O)OCC(=O)NC2CCCCCC2)ccc1OCC#N. The molecule has 7 nitrogen and oxygen atoms in total. The highest BCUT2D eigenvalue weighted by molar-refractivity contribution is 5.89. The van der Waals surface area contributed by atoms with Crippen LogP contribution in [0.25, 0.3) is 6.08 Å². The fraction of sp³-hybridized carbons (Fsp3) is 0.476. The molecular formula is C21H26N2O5. The highest BCUT2D eigenvalue weighted by Gasteiger charge is 2.15. The molecule has 2 rings (SSSR count). The summed E-state index contributed by atoms with van der Waals surface area (Å²) in [6.45, 7) is -0.370. The number of nitrogens with one attached hydrogen (secondary N) is 1. The number of rotatable bonds is 8. The van der Waals surface area contributed by atoms with E-state index in [1.807, 2.05) is 6.07 Å². The summed E-state index contributed by atoms with van der Waals surface area (Å²) in [4.78, 5) is 23.8. The van der Waals surface area contributed by atoms with E-state index in [0.717, 1.165) is 25.7 Å². The molecule has 0 atom stereocenters. The lowest BCUT2D eigenvalue weighted by molar-refractivity contribution is -0.144. The molecule has 0 heterocycles. The van der Waals surface area contributed by atoms with Crippen molar-refractivity contribution in [1.29, 1.82) is 5.26 Å². The van der Waals surface area contributed by atoms with Gasteiger partial charge in [-0.1, -0.05) is 31.7 Å². The molecule has 0 aliphatic heterocycles. The van der Waals surface area contributed by atoms with Crippen molar-refractivity contribution in [3.05, 3.63) is 29.8 Å². The lowest BCUT2D eigenvalue weighted by atomic mass is 10.1. The number of amides is 1. The Morgan fingerprint density at radius 2 is 1.96 bits per heavy atom. The summed E-state index contributed by atoms with van der Waals surface area (Å²) in [5.41, 5.74) is 0.695. The molecule has 0 aromatic heterocycles. The minimum absolute atomic E-state index is 0.0825. The third-order valence-electron chi connectivity index (χ3n) is 4.46. The molecule has 1 N–H and O–H groups in total. The molecule has 0 unspecified atom stereocenters. The average molecular weight is 386 g/mol. The van der Waals surface area contributed by atoms with E-state index in [-0.39, 0.29) is 25.2 Å². The van der Waals surface area contributed by atoms with E-state index in [0.29, 0.717) is 17.1 Å². The number of benzene rings is 1. The zero-order chi connectivity index (χ0) is 20.2. The van der Waals surface area contributed by atoms with E-state index in [1.165, 1.54) is 26.0 Å². The second-order valence-corrected chi connectivity index (χ2v) is 6.55. The maximum atomic E-state index is 11.9. The van der Waals surface area contributed by atoms with E-state index < -0.39 is 5.97 Å². The molecule has 0 radical (unpaired) electrons. The maximum Gasteiger partial charge on any atom is 0.331 e. The molecule has 1 amide bonds. The molecule has 1 aromatic carbocycles. The van der Waals surface area contributed by atoms with E-state index in [9.17, 15) is 9.59 Å². The molecule has 1 fully saturated rings. The quantitative estimate of drug-likeness (QED) is 0.419. The smallest absolute Gasteiger partial charge is 0.331 e. The standard InChI is InChI=1S/C21H26N2O5/c1-26-19-14-16(8-10-18(19)27-13-12-22)9-11-21(25)28-15-20(24)23-17-6-4-2-3-5-7-17/h8-11,14,17H,2-7,13,15H2,1H3,(H,23,24)/b11-9+. The fourth-order valence-electron chi connectivity index (χ4n) is 3.06. The van der Waals surface area contributed by atoms with E-state index in [1.54, 1.807) is 24.3 Å². The zero-order valence-corrected chi connectivity index (χ0v) is 16.1. The van der Waals surface area contributed by atoms with Crippen molar-refractivity contribution in [1.82, 2.24) is 5.32 Å². The molecule has 1 saturated carbocycles. The van der Waals surface area contributed by atoms with Gasteiger partial charge in [0.1, 0.15) is 6.07 Å². The van der Waals surface area contributed by atoms with Gasteiger partial charge in [0.25, 0.3) is 5.91 Å². The maximum absolute atomic E-state index is 11.9. The Balaban J connectivity index is 1.80. The third kappa shape index (κ3) is 7.31. The minimum atomic E-state index is -0.597. The molecule has 0 spiro atoms. The molecule has 1 aromatic rings. The highest BCUT2D eigenvalue weighted by Crippen LogP contribution is 2.28. The predicted octanol–water partition coefficient (Wildman–Crippen LogP) is 2.99. The van der Waals surface area contributed by atoms with Crippen LogP contribution in [0.4, 0.5) is 0 Å². The molecule has 1 aliphatic rings. The van der Waals surface area contributed by atoms with Gasteiger partial charge < -0.3 is 19.5 Å². The summed E-state index contributed by atoms with van der Waals surface area (Å²) < 4.78 is 15.5. The van der Waals surface area contributed by atoms with E-state index in [4.69, 9.17) is 19.5 Å². The Labute approximate surface area is 165 Å². The van der Waals surface area contributed by atoms with Crippen LogP contribution in [-0.4, -0.2) is 38.2 Å². The molecular weight excluding hydrogens is 360 g/mol. The number of nitriles is 1. The molecule has 28 heavy (non-hydrogen) atoms. The first-order valence-electron chi connectivity index (χ1n) is 9.44. The highest BCUT2D eigenvalue weighted by atomic mass is 16.5. The van der Waals surface area contributed by atoms with Gasteiger partial charge in [-0.25, -0.2) is 4.79 Å². The molecule has 0 bridgehead atoms. The van der Waals surface area contributed by atoms with Crippen molar-refractivity contribution in [2.75, 3.05) is 20.3 Å². The summed E-state index contributed by atoms with van der Waals surface area (Å²) >= 11 is 0. The van der Waals surface area contributed by atoms with Crippen LogP contribution in [-0.2, 0) is 14.3 Å². The topological polar surface area (TPSA) is 97.7 Å². The van der Waals surface area contributed by atoms with Gasteiger partial charge in [-0.05, 0) is 36.6 Å². The molecule has 7 heteroatoms. The number of esters is 1. The van der Waals surface area contributed by atoms with Gasteiger partial charge in [0.05, 0.1) is 7.11 Å². The third-order valence-corrected chi connectivity index (χ3v) is 4.46. The Hall–Kier alpha value is -3.01. The van der Waals surface area contributed by atoms with Crippen LogP contribution in [0.1, 0.15) is 44.1 Å². The fourth-order valence-corrected chi connectivity index (χ4v) is 3.06. The first-order valence-corrected chi connectivity index (χ1v) is 9.44. The van der Waals surface area contributed by atoms with Gasteiger partial charge >= 0.3 is 5.97 Å². The Kier molecular flexibility index (Phi) is 8.86. The van der Waals surface area contributed by atoms with Crippen LogP contribution in [0.2, 0.25) is 0 Å². The first-order chi connectivity index (χ1) is 13.6. The summed E-state index contributed by atoms with van der Waals surface area (Å²) in [5, 5.41) is 11.5. The summed E-state index contributed by atoms with van der Waals surface area (Å²) in [5.74, 6) is 0.0293. The number of nitrogens with zero attached hydrogens (tertiary/aromatic N) is 1. The second-order valence-electron chi connectivity index (χ2n) is 6.55. The van der Waals surface area contributed by atoms with E-state index in [2.05, 4.69) is 5.32 Å². The van der Waals surface area contributed by atoms with Gasteiger partial charge in [0.15, 0.2) is 24.7 Å². The Morgan fingerprint density at radius 3 is 2.64 bits per heavy atom. The summed E-state index contributed by atoms with van der Waals surface area (Å²) in [6.07, 6.45) is 9.44.